The molecule has 0 saturated carbocycles. The molecule has 1 fully saturated rings. The van der Waals surface area contributed by atoms with Crippen molar-refractivity contribution in [1.29, 1.82) is 0 Å². The van der Waals surface area contributed by atoms with Crippen LogP contribution in [0.15, 0.2) is 35.5 Å². The molecule has 4 heterocycles. The molecule has 8 heteroatoms. The van der Waals surface area contributed by atoms with Crippen molar-refractivity contribution in [3.63, 3.8) is 0 Å². The van der Waals surface area contributed by atoms with E-state index in [-0.39, 0.29) is 6.10 Å². The largest absolute Gasteiger partial charge is 0.473 e. The minimum atomic E-state index is -0.962. The molecule has 2 aromatic rings. The molecule has 1 amide bonds. The Morgan fingerprint density at radius 3 is 3.00 bits per heavy atom. The van der Waals surface area contributed by atoms with Crippen LogP contribution in [0.25, 0.3) is 5.70 Å². The highest BCUT2D eigenvalue weighted by Gasteiger charge is 2.28. The van der Waals surface area contributed by atoms with Gasteiger partial charge in [-0.05, 0) is 30.5 Å². The summed E-state index contributed by atoms with van der Waals surface area (Å²) >= 11 is 1.56. The molecule has 0 atom stereocenters. The predicted octanol–water partition coefficient (Wildman–Crippen LogP) is 4.00. The molecule has 2 N–H and O–H groups in total. The predicted molar refractivity (Wildman–Crippen MR) is 103 cm³/mol. The van der Waals surface area contributed by atoms with Crippen LogP contribution in [0.1, 0.15) is 30.2 Å². The van der Waals surface area contributed by atoms with Crippen LogP contribution >= 0.6 is 11.3 Å². The number of hydrogen-bond acceptors (Lipinski definition) is 6. The number of pyridine rings is 1. The SMILES string of the molecule is CC1=C(Nc2cccnc2OC2CCOCC2)c2ccsc2CN1C(=O)O. The second-order valence-electron chi connectivity index (χ2n) is 6.50. The maximum absolute atomic E-state index is 11.6. The maximum atomic E-state index is 11.6. The average molecular weight is 387 g/mol. The molecule has 0 spiro atoms. The summed E-state index contributed by atoms with van der Waals surface area (Å²) in [6.45, 7) is 3.57. The Labute approximate surface area is 161 Å². The van der Waals surface area contributed by atoms with Crippen molar-refractivity contribution in [1.82, 2.24) is 9.88 Å². The lowest BCUT2D eigenvalue weighted by Crippen LogP contribution is -2.31. The number of nitrogens with zero attached hydrogens (tertiary/aromatic N) is 2. The molecule has 0 bridgehead atoms. The third-order valence-electron chi connectivity index (χ3n) is 4.79. The molecule has 1 saturated heterocycles. The van der Waals surface area contributed by atoms with Gasteiger partial charge in [-0.3, -0.25) is 4.90 Å². The fraction of sp³-hybridized carbons (Fsp3) is 0.368. The molecule has 4 rings (SSSR count). The van der Waals surface area contributed by atoms with E-state index in [4.69, 9.17) is 9.47 Å². The van der Waals surface area contributed by atoms with E-state index in [0.717, 1.165) is 34.7 Å². The van der Waals surface area contributed by atoms with Crippen molar-refractivity contribution in [3.8, 4) is 5.88 Å². The monoisotopic (exact) mass is 387 g/mol. The summed E-state index contributed by atoms with van der Waals surface area (Å²) in [5.41, 5.74) is 3.18. The zero-order chi connectivity index (χ0) is 18.8. The van der Waals surface area contributed by atoms with E-state index >= 15 is 0 Å². The fourth-order valence-electron chi connectivity index (χ4n) is 3.31. The van der Waals surface area contributed by atoms with Crippen LogP contribution in [0.5, 0.6) is 5.88 Å². The molecule has 0 radical (unpaired) electrons. The first kappa shape index (κ1) is 17.8. The average Bonchev–Trinajstić information content (AvgIpc) is 3.14. The number of ether oxygens (including phenoxy) is 2. The van der Waals surface area contributed by atoms with Gasteiger partial charge in [-0.2, -0.15) is 0 Å². The highest BCUT2D eigenvalue weighted by Crippen LogP contribution is 2.37. The van der Waals surface area contributed by atoms with Crippen molar-refractivity contribution in [2.45, 2.75) is 32.4 Å². The summed E-state index contributed by atoms with van der Waals surface area (Å²) in [4.78, 5) is 18.4. The lowest BCUT2D eigenvalue weighted by molar-refractivity contribution is 0.0240. The van der Waals surface area contributed by atoms with E-state index < -0.39 is 6.09 Å². The van der Waals surface area contributed by atoms with Crippen LogP contribution in [0.4, 0.5) is 10.5 Å². The maximum Gasteiger partial charge on any atom is 0.411 e. The summed E-state index contributed by atoms with van der Waals surface area (Å²) < 4.78 is 11.5. The van der Waals surface area contributed by atoms with Gasteiger partial charge in [-0.25, -0.2) is 9.78 Å². The second-order valence-corrected chi connectivity index (χ2v) is 7.50. The van der Waals surface area contributed by atoms with Gasteiger partial charge in [0.2, 0.25) is 5.88 Å². The van der Waals surface area contributed by atoms with E-state index in [9.17, 15) is 9.90 Å². The van der Waals surface area contributed by atoms with Gasteiger partial charge in [0.05, 0.1) is 25.5 Å². The Kier molecular flexibility index (Phi) is 5.00. The summed E-state index contributed by atoms with van der Waals surface area (Å²) in [7, 11) is 0. The van der Waals surface area contributed by atoms with Gasteiger partial charge < -0.3 is 19.9 Å². The van der Waals surface area contributed by atoms with Crippen LogP contribution in [0.2, 0.25) is 0 Å². The Balaban J connectivity index is 1.65. The van der Waals surface area contributed by atoms with Crippen LogP contribution in [-0.4, -0.2) is 40.4 Å². The first-order valence-corrected chi connectivity index (χ1v) is 9.76. The van der Waals surface area contributed by atoms with Gasteiger partial charge in [0.1, 0.15) is 11.8 Å². The molecule has 2 aliphatic rings. The van der Waals surface area contributed by atoms with Gasteiger partial charge in [0.15, 0.2) is 0 Å². The third kappa shape index (κ3) is 3.63. The number of nitrogens with one attached hydrogen (secondary N) is 1. The molecule has 0 aromatic carbocycles. The highest BCUT2D eigenvalue weighted by atomic mass is 32.1. The summed E-state index contributed by atoms with van der Waals surface area (Å²) in [5, 5.41) is 14.9. The molecular weight excluding hydrogens is 366 g/mol. The van der Waals surface area contributed by atoms with Gasteiger partial charge in [0.25, 0.3) is 0 Å². The van der Waals surface area contributed by atoms with Crippen molar-refractivity contribution in [2.75, 3.05) is 18.5 Å². The van der Waals surface area contributed by atoms with Gasteiger partial charge in [-0.15, -0.1) is 11.3 Å². The van der Waals surface area contributed by atoms with Crippen molar-refractivity contribution in [2.24, 2.45) is 0 Å². The zero-order valence-corrected chi connectivity index (χ0v) is 15.8. The molecule has 27 heavy (non-hydrogen) atoms. The number of thiophene rings is 1. The number of hydrogen-bond donors (Lipinski definition) is 2. The van der Waals surface area contributed by atoms with E-state index in [0.29, 0.717) is 31.3 Å². The Morgan fingerprint density at radius 2 is 2.22 bits per heavy atom. The molecule has 2 aromatic heterocycles. The lowest BCUT2D eigenvalue weighted by Gasteiger charge is -2.29. The molecule has 142 valence electrons. The lowest BCUT2D eigenvalue weighted by atomic mass is 10.1. The fourth-order valence-corrected chi connectivity index (χ4v) is 4.18. The zero-order valence-electron chi connectivity index (χ0n) is 15.0. The summed E-state index contributed by atoms with van der Waals surface area (Å²) in [5.74, 6) is 0.522. The number of fused-ring (bicyclic) bond motifs is 1. The Hall–Kier alpha value is -2.58. The number of anilines is 1. The number of aromatic nitrogens is 1. The smallest absolute Gasteiger partial charge is 0.411 e. The third-order valence-corrected chi connectivity index (χ3v) is 5.70. The van der Waals surface area contributed by atoms with Crippen molar-refractivity contribution in [3.05, 3.63) is 45.9 Å². The van der Waals surface area contributed by atoms with Crippen molar-refractivity contribution >= 4 is 28.8 Å². The van der Waals surface area contributed by atoms with E-state index in [1.54, 1.807) is 17.5 Å². The first-order valence-electron chi connectivity index (χ1n) is 8.88. The minimum Gasteiger partial charge on any atom is -0.473 e. The quantitative estimate of drug-likeness (QED) is 0.825. The Bertz CT molecular complexity index is 873. The van der Waals surface area contributed by atoms with Crippen LogP contribution < -0.4 is 10.1 Å². The Morgan fingerprint density at radius 1 is 1.41 bits per heavy atom. The standard InChI is InChI=1S/C19H21N3O4S/c1-12-17(14-6-10-27-16(14)11-22(12)19(23)24)21-15-3-2-7-20-18(15)26-13-4-8-25-9-5-13/h2-3,6-7,10,13,21H,4-5,8-9,11H2,1H3,(H,23,24). The molecule has 0 aliphatic carbocycles. The molecule has 2 aliphatic heterocycles. The van der Waals surface area contributed by atoms with E-state index in [1.807, 2.05) is 30.5 Å². The highest BCUT2D eigenvalue weighted by molar-refractivity contribution is 7.10. The molecule has 7 nitrogen and oxygen atoms in total. The number of carboxylic acid groups (broad SMARTS) is 1. The van der Waals surface area contributed by atoms with Gasteiger partial charge in [0, 0.05) is 35.2 Å². The number of rotatable bonds is 4. The number of amides is 1. The first-order chi connectivity index (χ1) is 13.1. The van der Waals surface area contributed by atoms with Crippen LogP contribution in [-0.2, 0) is 11.3 Å². The number of carbonyl (C=O) groups is 1. The van der Waals surface area contributed by atoms with Crippen LogP contribution in [0, 0.1) is 0 Å². The summed E-state index contributed by atoms with van der Waals surface area (Å²) in [6.07, 6.45) is 2.47. The van der Waals surface area contributed by atoms with E-state index in [1.165, 1.54) is 4.90 Å². The normalized spacial score (nSPS) is 17.6. The second kappa shape index (κ2) is 7.58. The number of allylic oxidation sites excluding steroid dienone is 1. The molecular formula is C19H21N3O4S. The van der Waals surface area contributed by atoms with Gasteiger partial charge >= 0.3 is 6.09 Å². The minimum absolute atomic E-state index is 0.0721. The topological polar surface area (TPSA) is 83.9 Å². The van der Waals surface area contributed by atoms with Crippen molar-refractivity contribution < 1.29 is 19.4 Å². The van der Waals surface area contributed by atoms with E-state index in [2.05, 4.69) is 10.3 Å². The van der Waals surface area contributed by atoms with Gasteiger partial charge in [-0.1, -0.05) is 0 Å². The van der Waals surface area contributed by atoms with Crippen LogP contribution in [0.3, 0.4) is 0 Å². The summed E-state index contributed by atoms with van der Waals surface area (Å²) in [6, 6.07) is 5.75. The molecule has 0 unspecified atom stereocenters.